The lowest BCUT2D eigenvalue weighted by molar-refractivity contribution is -0.150. The van der Waals surface area contributed by atoms with Gasteiger partial charge in [0.2, 0.25) is 0 Å². The van der Waals surface area contributed by atoms with Gasteiger partial charge in [0.25, 0.3) is 0 Å². The van der Waals surface area contributed by atoms with Gasteiger partial charge in [-0.05, 0) is 19.3 Å². The summed E-state index contributed by atoms with van der Waals surface area (Å²) in [6.45, 7) is 5.05. The topological polar surface area (TPSA) is 118 Å². The third-order valence-corrected chi connectivity index (χ3v) is 2.72. The number of cyclic esters (lactones) is 2. The molecule has 1 heterocycles. The number of carbonyl (C=O) groups excluding carboxylic acids is 2. The second kappa shape index (κ2) is 8.68. The summed E-state index contributed by atoms with van der Waals surface area (Å²) in [6, 6.07) is 0. The second-order valence-corrected chi connectivity index (χ2v) is 4.01. The summed E-state index contributed by atoms with van der Waals surface area (Å²) in [5.74, 6) is -3.33. The Morgan fingerprint density at radius 2 is 1.43 bits per heavy atom. The van der Waals surface area contributed by atoms with E-state index in [0.717, 1.165) is 0 Å². The third kappa shape index (κ3) is 5.60. The zero-order valence-electron chi connectivity index (χ0n) is 12.1. The van der Waals surface area contributed by atoms with Crippen molar-refractivity contribution in [3.05, 3.63) is 22.8 Å². The van der Waals surface area contributed by atoms with Crippen LogP contribution in [0.5, 0.6) is 0 Å². The van der Waals surface area contributed by atoms with Gasteiger partial charge in [0.1, 0.15) is 0 Å². The van der Waals surface area contributed by atoms with Crippen molar-refractivity contribution in [2.45, 2.75) is 40.0 Å². The number of carboxylic acids is 2. The minimum Gasteiger partial charge on any atom is -0.478 e. The number of esters is 2. The Bertz CT molecular complexity index is 487. The van der Waals surface area contributed by atoms with Crippen LogP contribution in [-0.4, -0.2) is 34.1 Å². The molecular formula is C14H18O7. The zero-order valence-corrected chi connectivity index (χ0v) is 12.1. The zero-order chi connectivity index (χ0) is 16.6. The number of aliphatic carboxylic acids is 2. The van der Waals surface area contributed by atoms with Gasteiger partial charge in [-0.25, -0.2) is 19.2 Å². The van der Waals surface area contributed by atoms with Crippen molar-refractivity contribution >= 4 is 23.9 Å². The number of rotatable bonds is 5. The highest BCUT2D eigenvalue weighted by atomic mass is 16.6. The standard InChI is InChI=1S/C8H12O4.C6H6O3/c1-3-5(7(9)10)6(4-2)8(11)12;1-2-4-3-5(7)9-6(4)8/h3-4H2,1-2H3,(H,9,10)(H,11,12);3H,2H2,1H3/b6-5-;. The summed E-state index contributed by atoms with van der Waals surface area (Å²) in [5, 5.41) is 17.2. The molecule has 0 aromatic rings. The van der Waals surface area contributed by atoms with E-state index in [-0.39, 0.29) is 24.0 Å². The highest BCUT2D eigenvalue weighted by molar-refractivity contribution is 6.08. The molecule has 1 aliphatic heterocycles. The van der Waals surface area contributed by atoms with Crippen molar-refractivity contribution in [1.82, 2.24) is 0 Å². The molecule has 0 saturated carbocycles. The molecule has 0 atom stereocenters. The molecule has 7 nitrogen and oxygen atoms in total. The van der Waals surface area contributed by atoms with Crippen LogP contribution in [0.4, 0.5) is 0 Å². The molecule has 0 amide bonds. The maximum Gasteiger partial charge on any atom is 0.342 e. The first-order chi connectivity index (χ1) is 9.78. The van der Waals surface area contributed by atoms with E-state index in [2.05, 4.69) is 4.74 Å². The fraction of sp³-hybridized carbons (Fsp3) is 0.429. The third-order valence-electron chi connectivity index (χ3n) is 2.72. The van der Waals surface area contributed by atoms with Crippen molar-refractivity contribution in [3.8, 4) is 0 Å². The Kier molecular flexibility index (Phi) is 7.67. The van der Waals surface area contributed by atoms with Gasteiger partial charge < -0.3 is 14.9 Å². The number of carboxylic acid groups (broad SMARTS) is 2. The number of ether oxygens (including phenoxy) is 1. The Hall–Kier alpha value is -2.44. The first-order valence-electron chi connectivity index (χ1n) is 6.43. The molecule has 0 aliphatic carbocycles. The number of carbonyl (C=O) groups is 4. The van der Waals surface area contributed by atoms with Crippen molar-refractivity contribution < 1.29 is 34.1 Å². The van der Waals surface area contributed by atoms with Crippen LogP contribution in [0.2, 0.25) is 0 Å². The van der Waals surface area contributed by atoms with E-state index >= 15 is 0 Å². The maximum atomic E-state index is 10.5. The summed E-state index contributed by atoms with van der Waals surface area (Å²) < 4.78 is 4.19. The van der Waals surface area contributed by atoms with Gasteiger partial charge in [0.15, 0.2) is 0 Å². The SMILES string of the molecule is CC/C(C(=O)O)=C(\CC)C(=O)O.CCC1=CC(=O)OC1=O. The predicted octanol–water partition coefficient (Wildman–Crippen LogP) is 1.68. The first-order valence-corrected chi connectivity index (χ1v) is 6.43. The number of hydrogen-bond donors (Lipinski definition) is 2. The highest BCUT2D eigenvalue weighted by Crippen LogP contribution is 2.12. The Morgan fingerprint density at radius 3 is 1.57 bits per heavy atom. The Balaban J connectivity index is 0.000000394. The van der Waals surface area contributed by atoms with Crippen molar-refractivity contribution in [3.63, 3.8) is 0 Å². The minimum atomic E-state index is -1.14. The second-order valence-electron chi connectivity index (χ2n) is 4.01. The fourth-order valence-electron chi connectivity index (χ4n) is 1.62. The molecular weight excluding hydrogens is 280 g/mol. The summed E-state index contributed by atoms with van der Waals surface area (Å²) in [4.78, 5) is 41.8. The van der Waals surface area contributed by atoms with Crippen LogP contribution in [0.3, 0.4) is 0 Å². The molecule has 1 aliphatic rings. The van der Waals surface area contributed by atoms with Gasteiger partial charge in [0.05, 0.1) is 0 Å². The van der Waals surface area contributed by atoms with Gasteiger partial charge in [-0.15, -0.1) is 0 Å². The Morgan fingerprint density at radius 1 is 1.00 bits per heavy atom. The van der Waals surface area contributed by atoms with E-state index in [1.807, 2.05) is 0 Å². The summed E-state index contributed by atoms with van der Waals surface area (Å²) in [5.41, 5.74) is 0.440. The van der Waals surface area contributed by atoms with Crippen LogP contribution in [-0.2, 0) is 23.9 Å². The van der Waals surface area contributed by atoms with E-state index in [4.69, 9.17) is 10.2 Å². The lowest BCUT2D eigenvalue weighted by atomic mass is 10.0. The lowest BCUT2D eigenvalue weighted by Gasteiger charge is -2.03. The van der Waals surface area contributed by atoms with Crippen LogP contribution >= 0.6 is 0 Å². The van der Waals surface area contributed by atoms with Gasteiger partial charge >= 0.3 is 23.9 Å². The summed E-state index contributed by atoms with van der Waals surface area (Å²) in [6.07, 6.45) is 2.27. The van der Waals surface area contributed by atoms with E-state index in [1.54, 1.807) is 20.8 Å². The molecule has 0 aromatic carbocycles. The molecule has 116 valence electrons. The van der Waals surface area contributed by atoms with Crippen LogP contribution < -0.4 is 0 Å². The van der Waals surface area contributed by atoms with Crippen molar-refractivity contribution in [2.75, 3.05) is 0 Å². The summed E-state index contributed by atoms with van der Waals surface area (Å²) >= 11 is 0. The quantitative estimate of drug-likeness (QED) is 0.450. The normalized spacial score (nSPS) is 14.5. The van der Waals surface area contributed by atoms with Crippen LogP contribution in [0.25, 0.3) is 0 Å². The van der Waals surface area contributed by atoms with Gasteiger partial charge in [-0.3, -0.25) is 0 Å². The number of hydrogen-bond acceptors (Lipinski definition) is 5. The molecule has 1 rings (SSSR count). The average molecular weight is 298 g/mol. The lowest BCUT2D eigenvalue weighted by Crippen LogP contribution is -2.10. The van der Waals surface area contributed by atoms with Gasteiger partial charge in [-0.1, -0.05) is 20.8 Å². The van der Waals surface area contributed by atoms with Crippen LogP contribution in [0.15, 0.2) is 22.8 Å². The molecule has 7 heteroatoms. The molecule has 0 radical (unpaired) electrons. The molecule has 0 aromatic heterocycles. The van der Waals surface area contributed by atoms with Gasteiger partial charge in [-0.2, -0.15) is 0 Å². The van der Waals surface area contributed by atoms with E-state index in [9.17, 15) is 19.2 Å². The first kappa shape index (κ1) is 18.6. The monoisotopic (exact) mass is 298 g/mol. The van der Waals surface area contributed by atoms with Crippen LogP contribution in [0.1, 0.15) is 40.0 Å². The summed E-state index contributed by atoms with van der Waals surface area (Å²) in [7, 11) is 0. The van der Waals surface area contributed by atoms with E-state index < -0.39 is 23.9 Å². The minimum absolute atomic E-state index is 0.00926. The van der Waals surface area contributed by atoms with Gasteiger partial charge in [0, 0.05) is 22.8 Å². The maximum absolute atomic E-state index is 10.5. The molecule has 2 N–H and O–H groups in total. The fourth-order valence-corrected chi connectivity index (χ4v) is 1.62. The average Bonchev–Trinajstić information content (AvgIpc) is 2.73. The largest absolute Gasteiger partial charge is 0.478 e. The Labute approximate surface area is 121 Å². The van der Waals surface area contributed by atoms with E-state index in [0.29, 0.717) is 12.0 Å². The smallest absolute Gasteiger partial charge is 0.342 e. The van der Waals surface area contributed by atoms with Crippen LogP contribution in [0, 0.1) is 0 Å². The predicted molar refractivity (Wildman–Crippen MR) is 72.4 cm³/mol. The highest BCUT2D eigenvalue weighted by Gasteiger charge is 2.21. The molecule has 0 spiro atoms. The molecule has 21 heavy (non-hydrogen) atoms. The molecule has 0 fully saturated rings. The molecule has 0 saturated heterocycles. The molecule has 0 bridgehead atoms. The molecule has 0 unspecified atom stereocenters. The van der Waals surface area contributed by atoms with Crippen molar-refractivity contribution in [1.29, 1.82) is 0 Å². The van der Waals surface area contributed by atoms with E-state index in [1.165, 1.54) is 6.08 Å². The van der Waals surface area contributed by atoms with Crippen molar-refractivity contribution in [2.24, 2.45) is 0 Å².